The van der Waals surface area contributed by atoms with E-state index < -0.39 is 11.7 Å². The number of esters is 1. The molecule has 8 nitrogen and oxygen atoms in total. The monoisotopic (exact) mass is 520 g/mol. The summed E-state index contributed by atoms with van der Waals surface area (Å²) in [6.45, 7) is 3.36. The zero-order valence-corrected chi connectivity index (χ0v) is 21.7. The lowest BCUT2D eigenvalue weighted by Gasteiger charge is -2.26. The van der Waals surface area contributed by atoms with Crippen molar-refractivity contribution in [3.63, 3.8) is 0 Å². The van der Waals surface area contributed by atoms with E-state index in [1.807, 2.05) is 13.0 Å². The number of likely N-dealkylation sites (tertiary alicyclic amines) is 1. The third-order valence-electron chi connectivity index (χ3n) is 6.41. The smallest absolute Gasteiger partial charge is 0.342 e. The minimum Gasteiger partial charge on any atom is -0.507 e. The SMILES string of the molecule is CCCC1CC=CCCCC/C(NOCC(=O)N2CCCCC2)=C/c2c(Cl)c(O)cc(O)c2C(=O)O1. The van der Waals surface area contributed by atoms with Crippen LogP contribution < -0.4 is 5.48 Å². The molecule has 3 rings (SSSR count). The number of hydrogen-bond acceptors (Lipinski definition) is 7. The van der Waals surface area contributed by atoms with Gasteiger partial charge in [-0.05, 0) is 57.4 Å². The van der Waals surface area contributed by atoms with E-state index in [-0.39, 0.29) is 40.5 Å². The zero-order chi connectivity index (χ0) is 25.9. The number of carbonyl (C=O) groups excluding carboxylic acids is 2. The first-order valence-corrected chi connectivity index (χ1v) is 13.2. The predicted molar refractivity (Wildman–Crippen MR) is 139 cm³/mol. The van der Waals surface area contributed by atoms with Crippen molar-refractivity contribution >= 4 is 29.6 Å². The number of fused-ring (bicyclic) bond motifs is 1. The second kappa shape index (κ2) is 14.1. The van der Waals surface area contributed by atoms with Crippen LogP contribution in [-0.2, 0) is 14.4 Å². The Bertz CT molecular complexity index is 972. The van der Waals surface area contributed by atoms with Gasteiger partial charge in [0.25, 0.3) is 5.91 Å². The van der Waals surface area contributed by atoms with E-state index in [1.54, 1.807) is 11.0 Å². The number of aromatic hydroxyl groups is 2. The first kappa shape index (κ1) is 27.9. The van der Waals surface area contributed by atoms with Crippen LogP contribution in [0.1, 0.15) is 87.1 Å². The molecule has 0 bridgehead atoms. The van der Waals surface area contributed by atoms with Crippen LogP contribution in [0.3, 0.4) is 0 Å². The van der Waals surface area contributed by atoms with Crippen molar-refractivity contribution in [1.82, 2.24) is 10.4 Å². The molecular weight excluding hydrogens is 484 g/mol. The summed E-state index contributed by atoms with van der Waals surface area (Å²) in [5.41, 5.74) is 3.42. The van der Waals surface area contributed by atoms with Gasteiger partial charge in [0.05, 0.1) is 5.02 Å². The molecule has 0 saturated carbocycles. The van der Waals surface area contributed by atoms with Crippen LogP contribution in [0.2, 0.25) is 5.02 Å². The van der Waals surface area contributed by atoms with Crippen molar-refractivity contribution < 1.29 is 29.4 Å². The van der Waals surface area contributed by atoms with E-state index in [2.05, 4.69) is 11.6 Å². The Kier molecular flexibility index (Phi) is 10.9. The van der Waals surface area contributed by atoms with Gasteiger partial charge < -0.3 is 19.8 Å². The van der Waals surface area contributed by atoms with Crippen LogP contribution in [0.4, 0.5) is 0 Å². The van der Waals surface area contributed by atoms with Crippen LogP contribution in [0.25, 0.3) is 6.08 Å². The summed E-state index contributed by atoms with van der Waals surface area (Å²) >= 11 is 6.39. The van der Waals surface area contributed by atoms with Gasteiger partial charge in [-0.15, -0.1) is 0 Å². The number of carbonyl (C=O) groups is 2. The fraction of sp³-hybridized carbons (Fsp3) is 0.556. The van der Waals surface area contributed by atoms with Gasteiger partial charge in [0, 0.05) is 36.8 Å². The van der Waals surface area contributed by atoms with E-state index >= 15 is 0 Å². The number of benzene rings is 1. The second-order valence-electron chi connectivity index (χ2n) is 9.29. The fourth-order valence-corrected chi connectivity index (χ4v) is 4.66. The Labute approximate surface area is 217 Å². The molecular formula is C27H37ClN2O6. The van der Waals surface area contributed by atoms with E-state index in [9.17, 15) is 19.8 Å². The van der Waals surface area contributed by atoms with Gasteiger partial charge in [0.15, 0.2) is 6.61 Å². The van der Waals surface area contributed by atoms with Crippen LogP contribution >= 0.6 is 11.6 Å². The number of cyclic esters (lactones) is 1. The molecule has 1 aromatic carbocycles. The number of ether oxygens (including phenoxy) is 1. The number of halogens is 1. The van der Waals surface area contributed by atoms with Gasteiger partial charge in [-0.1, -0.05) is 37.1 Å². The fourth-order valence-electron chi connectivity index (χ4n) is 4.45. The summed E-state index contributed by atoms with van der Waals surface area (Å²) in [4.78, 5) is 33.0. The normalized spacial score (nSPS) is 21.1. The van der Waals surface area contributed by atoms with Gasteiger partial charge in [-0.25, -0.2) is 4.79 Å². The van der Waals surface area contributed by atoms with E-state index in [4.69, 9.17) is 21.2 Å². The maximum absolute atomic E-state index is 13.2. The molecule has 1 fully saturated rings. The molecule has 1 atom stereocenters. The summed E-state index contributed by atoms with van der Waals surface area (Å²) in [5.74, 6) is -1.59. The second-order valence-corrected chi connectivity index (χ2v) is 9.67. The number of nitrogens with zero attached hydrogens (tertiary/aromatic N) is 1. The Morgan fingerprint density at radius 1 is 1.17 bits per heavy atom. The van der Waals surface area contributed by atoms with Crippen LogP contribution in [0, 0.1) is 0 Å². The summed E-state index contributed by atoms with van der Waals surface area (Å²) in [5, 5.41) is 20.7. The Morgan fingerprint density at radius 2 is 1.94 bits per heavy atom. The van der Waals surface area contributed by atoms with Gasteiger partial charge in [-0.2, -0.15) is 0 Å². The minimum atomic E-state index is -0.717. The van der Waals surface area contributed by atoms with Crippen molar-refractivity contribution in [3.05, 3.63) is 40.1 Å². The molecule has 36 heavy (non-hydrogen) atoms. The highest BCUT2D eigenvalue weighted by Crippen LogP contribution is 2.38. The van der Waals surface area contributed by atoms with Gasteiger partial charge in [0.2, 0.25) is 0 Å². The first-order chi connectivity index (χ1) is 17.4. The number of phenols is 2. The first-order valence-electron chi connectivity index (χ1n) is 12.9. The molecule has 9 heteroatoms. The Hall–Kier alpha value is -2.71. The van der Waals surface area contributed by atoms with Crippen LogP contribution in [0.15, 0.2) is 23.9 Å². The molecule has 2 aliphatic rings. The third kappa shape index (κ3) is 7.90. The molecule has 0 radical (unpaired) electrons. The maximum Gasteiger partial charge on any atom is 0.342 e. The lowest BCUT2D eigenvalue weighted by molar-refractivity contribution is -0.139. The van der Waals surface area contributed by atoms with E-state index in [0.29, 0.717) is 25.0 Å². The van der Waals surface area contributed by atoms with Gasteiger partial charge in [0.1, 0.15) is 23.2 Å². The summed E-state index contributed by atoms with van der Waals surface area (Å²) in [7, 11) is 0. The highest BCUT2D eigenvalue weighted by atomic mass is 35.5. The molecule has 1 saturated heterocycles. The number of phenolic OH excluding ortho intramolecular Hbond substituents is 2. The summed E-state index contributed by atoms with van der Waals surface area (Å²) < 4.78 is 5.73. The molecule has 3 N–H and O–H groups in total. The van der Waals surface area contributed by atoms with Crippen molar-refractivity contribution in [2.45, 2.75) is 77.2 Å². The lowest BCUT2D eigenvalue weighted by atomic mass is 10.0. The quantitative estimate of drug-likeness (QED) is 0.259. The molecule has 0 aliphatic carbocycles. The number of nitrogens with one attached hydrogen (secondary N) is 1. The summed E-state index contributed by atoms with van der Waals surface area (Å²) in [6, 6.07) is 1.04. The van der Waals surface area contributed by atoms with Crippen molar-refractivity contribution in [3.8, 4) is 11.5 Å². The molecule has 0 aromatic heterocycles. The Balaban J connectivity index is 1.87. The predicted octanol–water partition coefficient (Wildman–Crippen LogP) is 5.47. The molecule has 198 valence electrons. The molecule has 1 aromatic rings. The van der Waals surface area contributed by atoms with Gasteiger partial charge in [-0.3, -0.25) is 15.1 Å². The third-order valence-corrected chi connectivity index (χ3v) is 6.80. The average molecular weight is 521 g/mol. The number of piperidine rings is 1. The van der Waals surface area contributed by atoms with Crippen molar-refractivity contribution in [1.29, 1.82) is 0 Å². The van der Waals surface area contributed by atoms with Crippen LogP contribution in [-0.4, -0.2) is 52.8 Å². The molecule has 1 amide bonds. The van der Waals surface area contributed by atoms with Crippen molar-refractivity contribution in [2.24, 2.45) is 0 Å². The molecule has 2 heterocycles. The largest absolute Gasteiger partial charge is 0.507 e. The van der Waals surface area contributed by atoms with Crippen LogP contribution in [0.5, 0.6) is 11.5 Å². The maximum atomic E-state index is 13.2. The molecule has 2 aliphatic heterocycles. The molecule has 0 spiro atoms. The highest BCUT2D eigenvalue weighted by Gasteiger charge is 2.25. The highest BCUT2D eigenvalue weighted by molar-refractivity contribution is 6.34. The number of hydrogen-bond donors (Lipinski definition) is 3. The number of allylic oxidation sites excluding steroid dienone is 2. The Morgan fingerprint density at radius 3 is 2.69 bits per heavy atom. The average Bonchev–Trinajstić information content (AvgIpc) is 2.86. The van der Waals surface area contributed by atoms with E-state index in [1.165, 1.54) is 0 Å². The summed E-state index contributed by atoms with van der Waals surface area (Å²) in [6.07, 6.45) is 13.7. The molecule has 1 unspecified atom stereocenters. The minimum absolute atomic E-state index is 0.0810. The number of hydroxylamine groups is 1. The topological polar surface area (TPSA) is 108 Å². The zero-order valence-electron chi connectivity index (χ0n) is 20.9. The lowest BCUT2D eigenvalue weighted by Crippen LogP contribution is -2.39. The van der Waals surface area contributed by atoms with Crippen molar-refractivity contribution in [2.75, 3.05) is 19.7 Å². The van der Waals surface area contributed by atoms with Gasteiger partial charge >= 0.3 is 5.97 Å². The standard InChI is InChI=1S/C27H37ClN2O6/c1-2-11-20-13-8-5-3-4-7-12-19(29-35-18-24(33)30-14-9-6-10-15-30)16-21-25(27(34)36-20)22(31)17-23(32)26(21)28/h5,8,16-17,20,29,31-32H,2-4,6-7,9-15,18H2,1H3/b8-5?,19-16-. The van der Waals surface area contributed by atoms with E-state index in [0.717, 1.165) is 64.1 Å². The number of amides is 1. The number of rotatable bonds is 6.